The zero-order valence-corrected chi connectivity index (χ0v) is 20.4. The Morgan fingerprint density at radius 3 is 2.81 bits per heavy atom. The first-order valence-electron chi connectivity index (χ1n) is 11.5. The molecule has 32 heavy (non-hydrogen) atoms. The Bertz CT molecular complexity index is 840. The molecule has 1 saturated heterocycles. The number of nitrogens with one attached hydrogen (secondary N) is 3. The van der Waals surface area contributed by atoms with Crippen LogP contribution in [0.4, 0.5) is 0 Å². The number of likely N-dealkylation sites (tertiary alicyclic amines) is 1. The van der Waals surface area contributed by atoms with Crippen molar-refractivity contribution < 1.29 is 9.57 Å². The molecule has 0 spiro atoms. The molecule has 2 unspecified atom stereocenters. The standard InChI is InChI=1S/C23H38N6O2S/c1-14(2)27-21(26-13-24)22-28-20-17-6-5-15(9-18(17)30-8-7-19(20)32-22)16-10-29(11-16)12-23(3,4)31-25/h5-6,9,14,16,21-22,26-28H,7-8,10-13,24-25H2,1-4H3. The van der Waals surface area contributed by atoms with Crippen molar-refractivity contribution in [1.29, 1.82) is 0 Å². The van der Waals surface area contributed by atoms with Crippen LogP contribution in [0.2, 0.25) is 0 Å². The van der Waals surface area contributed by atoms with Gasteiger partial charge in [0.15, 0.2) is 0 Å². The van der Waals surface area contributed by atoms with Gasteiger partial charge >= 0.3 is 0 Å². The molecule has 0 aromatic heterocycles. The lowest BCUT2D eigenvalue weighted by Crippen LogP contribution is -2.56. The molecule has 0 amide bonds. The van der Waals surface area contributed by atoms with E-state index in [2.05, 4.69) is 52.9 Å². The summed E-state index contributed by atoms with van der Waals surface area (Å²) < 4.78 is 6.18. The summed E-state index contributed by atoms with van der Waals surface area (Å²) in [6.07, 6.45) is 0.999. The van der Waals surface area contributed by atoms with Gasteiger partial charge in [0.1, 0.15) is 11.1 Å². The third-order valence-corrected chi connectivity index (χ3v) is 7.54. The number of nitrogens with zero attached hydrogens (tertiary/aromatic N) is 1. The fourth-order valence-corrected chi connectivity index (χ4v) is 5.91. The van der Waals surface area contributed by atoms with Gasteiger partial charge in [0.25, 0.3) is 0 Å². The third kappa shape index (κ3) is 5.25. The average Bonchev–Trinajstić information content (AvgIpc) is 3.06. The molecule has 1 fully saturated rings. The molecule has 0 radical (unpaired) electrons. The maximum Gasteiger partial charge on any atom is 0.128 e. The van der Waals surface area contributed by atoms with Gasteiger partial charge in [0, 0.05) is 55.2 Å². The molecular formula is C23H38N6O2S. The van der Waals surface area contributed by atoms with E-state index >= 15 is 0 Å². The van der Waals surface area contributed by atoms with Crippen molar-refractivity contribution in [2.75, 3.05) is 32.9 Å². The average molecular weight is 463 g/mol. The molecule has 8 nitrogen and oxygen atoms in total. The van der Waals surface area contributed by atoms with Crippen molar-refractivity contribution in [2.45, 2.75) is 63.2 Å². The van der Waals surface area contributed by atoms with Gasteiger partial charge < -0.3 is 15.8 Å². The van der Waals surface area contributed by atoms with Gasteiger partial charge in [-0.2, -0.15) is 0 Å². The molecule has 0 bridgehead atoms. The van der Waals surface area contributed by atoms with Gasteiger partial charge in [0.2, 0.25) is 0 Å². The van der Waals surface area contributed by atoms with E-state index in [1.165, 1.54) is 16.2 Å². The molecule has 3 aliphatic rings. The van der Waals surface area contributed by atoms with Crippen molar-refractivity contribution in [1.82, 2.24) is 20.9 Å². The molecule has 3 heterocycles. The van der Waals surface area contributed by atoms with Crippen molar-refractivity contribution in [3.63, 3.8) is 0 Å². The van der Waals surface area contributed by atoms with Gasteiger partial charge in [-0.15, -0.1) is 11.8 Å². The van der Waals surface area contributed by atoms with Crippen LogP contribution in [0.5, 0.6) is 5.75 Å². The monoisotopic (exact) mass is 462 g/mol. The third-order valence-electron chi connectivity index (χ3n) is 6.20. The smallest absolute Gasteiger partial charge is 0.128 e. The van der Waals surface area contributed by atoms with Crippen molar-refractivity contribution in [3.05, 3.63) is 34.2 Å². The Morgan fingerprint density at radius 2 is 2.12 bits per heavy atom. The fraction of sp³-hybridized carbons (Fsp3) is 0.652. The number of hydrogen-bond acceptors (Lipinski definition) is 9. The second-order valence-electron chi connectivity index (χ2n) is 9.81. The molecule has 1 aromatic rings. The van der Waals surface area contributed by atoms with Gasteiger partial charge in [-0.3, -0.25) is 20.4 Å². The predicted molar refractivity (Wildman–Crippen MR) is 131 cm³/mol. The summed E-state index contributed by atoms with van der Waals surface area (Å²) in [6.45, 7) is 12.3. The van der Waals surface area contributed by atoms with Crippen LogP contribution in [0.15, 0.2) is 23.1 Å². The summed E-state index contributed by atoms with van der Waals surface area (Å²) in [5, 5.41) is 10.9. The van der Waals surface area contributed by atoms with Crippen LogP contribution < -0.4 is 32.3 Å². The highest BCUT2D eigenvalue weighted by atomic mass is 32.2. The van der Waals surface area contributed by atoms with E-state index < -0.39 is 0 Å². The van der Waals surface area contributed by atoms with Crippen LogP contribution in [-0.4, -0.2) is 61.0 Å². The topological polar surface area (TPSA) is 110 Å². The van der Waals surface area contributed by atoms with E-state index in [9.17, 15) is 0 Å². The highest BCUT2D eigenvalue weighted by Gasteiger charge is 2.36. The second kappa shape index (κ2) is 9.89. The summed E-state index contributed by atoms with van der Waals surface area (Å²) in [5.41, 5.74) is 9.16. The van der Waals surface area contributed by atoms with Crippen LogP contribution >= 0.6 is 11.8 Å². The lowest BCUT2D eigenvalue weighted by molar-refractivity contribution is -0.0564. The number of rotatable bonds is 9. The number of ether oxygens (including phenoxy) is 1. The number of benzene rings is 1. The minimum absolute atomic E-state index is 0.0864. The molecule has 178 valence electrons. The number of fused-ring (bicyclic) bond motifs is 2. The van der Waals surface area contributed by atoms with Gasteiger partial charge in [-0.05, 0) is 45.4 Å². The summed E-state index contributed by atoms with van der Waals surface area (Å²) in [7, 11) is 0. The first kappa shape index (κ1) is 23.8. The van der Waals surface area contributed by atoms with Crippen molar-refractivity contribution >= 4 is 17.5 Å². The minimum atomic E-state index is -0.325. The van der Waals surface area contributed by atoms with Gasteiger partial charge in [-0.25, -0.2) is 5.90 Å². The lowest BCUT2D eigenvalue weighted by Gasteiger charge is -2.43. The van der Waals surface area contributed by atoms with E-state index in [1.807, 2.05) is 25.6 Å². The SMILES string of the molecule is CC(C)NC(NCN)C1NC2=C(CCOc3cc(C4CN(CC(C)(C)ON)C4)ccc32)S1. The normalized spacial score (nSPS) is 22.7. The Labute approximate surface area is 195 Å². The Balaban J connectivity index is 1.45. The van der Waals surface area contributed by atoms with Crippen LogP contribution in [0.1, 0.15) is 51.2 Å². The van der Waals surface area contributed by atoms with E-state index in [0.717, 1.165) is 37.4 Å². The molecule has 1 aromatic carbocycles. The zero-order chi connectivity index (χ0) is 22.9. The Hall–Kier alpha value is -1.33. The van der Waals surface area contributed by atoms with Crippen molar-refractivity contribution in [3.8, 4) is 5.75 Å². The van der Waals surface area contributed by atoms with Crippen LogP contribution in [-0.2, 0) is 4.84 Å². The maximum absolute atomic E-state index is 6.18. The Kier molecular flexibility index (Phi) is 7.36. The summed E-state index contributed by atoms with van der Waals surface area (Å²) in [6, 6.07) is 7.08. The summed E-state index contributed by atoms with van der Waals surface area (Å²) >= 11 is 1.87. The Morgan fingerprint density at radius 1 is 1.34 bits per heavy atom. The fourth-order valence-electron chi connectivity index (χ4n) is 4.63. The predicted octanol–water partition coefficient (Wildman–Crippen LogP) is 1.70. The van der Waals surface area contributed by atoms with Crippen LogP contribution in [0.25, 0.3) is 5.70 Å². The molecule has 2 atom stereocenters. The molecule has 0 aliphatic carbocycles. The molecule has 7 N–H and O–H groups in total. The zero-order valence-electron chi connectivity index (χ0n) is 19.6. The highest BCUT2D eigenvalue weighted by Crippen LogP contribution is 2.44. The van der Waals surface area contributed by atoms with Crippen molar-refractivity contribution in [2.24, 2.45) is 11.6 Å². The quantitative estimate of drug-likeness (QED) is 0.277. The molecule has 4 rings (SSSR count). The second-order valence-corrected chi connectivity index (χ2v) is 11.0. The lowest BCUT2D eigenvalue weighted by atomic mass is 9.89. The largest absolute Gasteiger partial charge is 0.493 e. The van der Waals surface area contributed by atoms with E-state index in [-0.39, 0.29) is 17.1 Å². The molecule has 3 aliphatic heterocycles. The van der Waals surface area contributed by atoms with Crippen LogP contribution in [0.3, 0.4) is 0 Å². The summed E-state index contributed by atoms with van der Waals surface area (Å²) in [5.74, 6) is 6.90. The minimum Gasteiger partial charge on any atom is -0.493 e. The molecular weight excluding hydrogens is 424 g/mol. The van der Waals surface area contributed by atoms with Gasteiger partial charge in [-0.1, -0.05) is 6.07 Å². The first-order valence-corrected chi connectivity index (χ1v) is 12.4. The van der Waals surface area contributed by atoms with Crippen LogP contribution in [0, 0.1) is 0 Å². The molecule has 0 saturated carbocycles. The van der Waals surface area contributed by atoms with E-state index in [4.69, 9.17) is 21.2 Å². The van der Waals surface area contributed by atoms with Gasteiger partial charge in [0.05, 0.1) is 24.1 Å². The number of nitrogens with two attached hydrogens (primary N) is 2. The highest BCUT2D eigenvalue weighted by molar-refractivity contribution is 8.04. The van der Waals surface area contributed by atoms with E-state index in [1.54, 1.807) is 0 Å². The number of hydrogen-bond donors (Lipinski definition) is 5. The van der Waals surface area contributed by atoms with E-state index in [0.29, 0.717) is 25.2 Å². The maximum atomic E-state index is 6.18. The first-order chi connectivity index (χ1) is 15.3. The summed E-state index contributed by atoms with van der Waals surface area (Å²) in [4.78, 5) is 8.83. The molecule has 9 heteroatoms. The number of thioether (sulfide) groups is 1.